The highest BCUT2D eigenvalue weighted by molar-refractivity contribution is 7.91. The summed E-state index contributed by atoms with van der Waals surface area (Å²) in [5.41, 5.74) is 0. The largest absolute Gasteiger partial charge is 0.311 e. The highest BCUT2D eigenvalue weighted by Crippen LogP contribution is 2.26. The molecule has 2 fully saturated rings. The van der Waals surface area contributed by atoms with E-state index >= 15 is 0 Å². The molecule has 0 aromatic rings. The minimum absolute atomic E-state index is 0.0937. The lowest BCUT2D eigenvalue weighted by molar-refractivity contribution is 0.267. The van der Waals surface area contributed by atoms with Gasteiger partial charge in [0.2, 0.25) is 0 Å². The van der Waals surface area contributed by atoms with E-state index in [9.17, 15) is 8.42 Å². The van der Waals surface area contributed by atoms with Crippen molar-refractivity contribution in [2.75, 3.05) is 6.26 Å². The Labute approximate surface area is 92.6 Å². The molecule has 0 aromatic carbocycles. The van der Waals surface area contributed by atoms with E-state index in [-0.39, 0.29) is 5.25 Å². The van der Waals surface area contributed by atoms with Crippen LogP contribution in [0, 0.1) is 0 Å². The average molecular weight is 231 g/mol. The Kier molecular flexibility index (Phi) is 3.36. The van der Waals surface area contributed by atoms with E-state index in [2.05, 4.69) is 5.32 Å². The molecule has 2 aliphatic rings. The summed E-state index contributed by atoms with van der Waals surface area (Å²) in [5, 5.41) is 3.50. The number of rotatable bonds is 3. The van der Waals surface area contributed by atoms with Crippen LogP contribution in [0.2, 0.25) is 0 Å². The molecule has 1 N–H and O–H groups in total. The molecule has 2 rings (SSSR count). The number of sulfone groups is 1. The molecule has 0 aliphatic heterocycles. The van der Waals surface area contributed by atoms with Gasteiger partial charge >= 0.3 is 0 Å². The van der Waals surface area contributed by atoms with Gasteiger partial charge in [-0.15, -0.1) is 0 Å². The van der Waals surface area contributed by atoms with E-state index in [0.717, 1.165) is 25.7 Å². The third-order valence-electron chi connectivity index (χ3n) is 3.81. The molecule has 0 saturated heterocycles. The van der Waals surface area contributed by atoms with E-state index in [4.69, 9.17) is 0 Å². The Balaban J connectivity index is 1.86. The summed E-state index contributed by atoms with van der Waals surface area (Å²) in [5.74, 6) is 0. The lowest BCUT2D eigenvalue weighted by Crippen LogP contribution is -2.46. The van der Waals surface area contributed by atoms with Gasteiger partial charge in [0.15, 0.2) is 0 Å². The Morgan fingerprint density at radius 1 is 1.00 bits per heavy atom. The molecule has 0 spiro atoms. The Hall–Kier alpha value is -0.0900. The molecular weight excluding hydrogens is 210 g/mol. The first kappa shape index (κ1) is 11.4. The fourth-order valence-corrected chi connectivity index (χ4v) is 3.77. The van der Waals surface area contributed by atoms with Gasteiger partial charge in [-0.3, -0.25) is 0 Å². The lowest BCUT2D eigenvalue weighted by atomic mass is 9.89. The fourth-order valence-electron chi connectivity index (χ4n) is 2.59. The van der Waals surface area contributed by atoms with E-state index in [1.807, 2.05) is 0 Å². The van der Waals surface area contributed by atoms with Gasteiger partial charge in [0.25, 0.3) is 0 Å². The van der Waals surface area contributed by atoms with Crippen molar-refractivity contribution in [3.05, 3.63) is 0 Å². The zero-order chi connectivity index (χ0) is 10.9. The number of hydrogen-bond acceptors (Lipinski definition) is 3. The lowest BCUT2D eigenvalue weighted by Gasteiger charge is -2.35. The van der Waals surface area contributed by atoms with Gasteiger partial charge in [-0.05, 0) is 32.1 Å². The predicted molar refractivity (Wildman–Crippen MR) is 61.7 cm³/mol. The monoisotopic (exact) mass is 231 g/mol. The molecular formula is C11H21NO2S. The molecule has 4 heteroatoms. The van der Waals surface area contributed by atoms with Gasteiger partial charge in [-0.2, -0.15) is 0 Å². The van der Waals surface area contributed by atoms with Crippen LogP contribution in [0.3, 0.4) is 0 Å². The SMILES string of the molecule is CS(=O)(=O)C1CCCC(NC2CCC2)C1. The number of nitrogens with one attached hydrogen (secondary N) is 1. The summed E-state index contributed by atoms with van der Waals surface area (Å²) in [4.78, 5) is 0. The molecule has 0 aromatic heterocycles. The molecule has 2 unspecified atom stereocenters. The van der Waals surface area contributed by atoms with Crippen LogP contribution in [0.5, 0.6) is 0 Å². The predicted octanol–water partition coefficient (Wildman–Crippen LogP) is 1.48. The Morgan fingerprint density at radius 3 is 2.13 bits per heavy atom. The van der Waals surface area contributed by atoms with Crippen molar-refractivity contribution >= 4 is 9.84 Å². The van der Waals surface area contributed by atoms with Crippen LogP contribution in [0.25, 0.3) is 0 Å². The Bertz CT molecular complexity index is 309. The standard InChI is InChI=1S/C11H21NO2S/c1-15(13,14)11-7-3-6-10(8-11)12-9-4-2-5-9/h9-12H,2-8H2,1H3. The van der Waals surface area contributed by atoms with Crippen LogP contribution in [-0.4, -0.2) is 32.0 Å². The molecule has 3 nitrogen and oxygen atoms in total. The third-order valence-corrected chi connectivity index (χ3v) is 5.45. The van der Waals surface area contributed by atoms with Gasteiger partial charge in [0.1, 0.15) is 9.84 Å². The van der Waals surface area contributed by atoms with Gasteiger partial charge in [0, 0.05) is 18.3 Å². The molecule has 2 saturated carbocycles. The number of hydrogen-bond donors (Lipinski definition) is 1. The first-order valence-electron chi connectivity index (χ1n) is 6.00. The molecule has 2 atom stereocenters. The maximum atomic E-state index is 11.5. The first-order chi connectivity index (χ1) is 7.05. The van der Waals surface area contributed by atoms with Crippen molar-refractivity contribution < 1.29 is 8.42 Å². The molecule has 88 valence electrons. The maximum absolute atomic E-state index is 11.5. The maximum Gasteiger partial charge on any atom is 0.150 e. The van der Waals surface area contributed by atoms with E-state index < -0.39 is 9.84 Å². The topological polar surface area (TPSA) is 46.2 Å². The second-order valence-electron chi connectivity index (χ2n) is 5.11. The summed E-state index contributed by atoms with van der Waals surface area (Å²) in [6.45, 7) is 0. The molecule has 0 bridgehead atoms. The smallest absolute Gasteiger partial charge is 0.150 e. The minimum Gasteiger partial charge on any atom is -0.311 e. The molecule has 0 heterocycles. The van der Waals surface area contributed by atoms with Crippen molar-refractivity contribution in [2.45, 2.75) is 62.3 Å². The van der Waals surface area contributed by atoms with E-state index in [1.54, 1.807) is 0 Å². The van der Waals surface area contributed by atoms with Crippen LogP contribution in [0.15, 0.2) is 0 Å². The molecule has 0 radical (unpaired) electrons. The van der Waals surface area contributed by atoms with Gasteiger partial charge in [0.05, 0.1) is 5.25 Å². The third kappa shape index (κ3) is 2.94. The van der Waals surface area contributed by atoms with Gasteiger partial charge in [-0.1, -0.05) is 12.8 Å². The normalized spacial score (nSPS) is 33.7. The van der Waals surface area contributed by atoms with E-state index in [0.29, 0.717) is 12.1 Å². The van der Waals surface area contributed by atoms with Crippen LogP contribution < -0.4 is 5.32 Å². The summed E-state index contributed by atoms with van der Waals surface area (Å²) in [6.07, 6.45) is 9.17. The van der Waals surface area contributed by atoms with Crippen LogP contribution in [0.4, 0.5) is 0 Å². The summed E-state index contributed by atoms with van der Waals surface area (Å²) < 4.78 is 22.9. The van der Waals surface area contributed by atoms with Crippen LogP contribution in [-0.2, 0) is 9.84 Å². The van der Waals surface area contributed by atoms with Crippen LogP contribution in [0.1, 0.15) is 44.9 Å². The first-order valence-corrected chi connectivity index (χ1v) is 7.96. The molecule has 2 aliphatic carbocycles. The van der Waals surface area contributed by atoms with Crippen molar-refractivity contribution in [3.8, 4) is 0 Å². The van der Waals surface area contributed by atoms with Gasteiger partial charge in [-0.25, -0.2) is 8.42 Å². The zero-order valence-electron chi connectivity index (χ0n) is 9.41. The van der Waals surface area contributed by atoms with Crippen molar-refractivity contribution in [2.24, 2.45) is 0 Å². The summed E-state index contributed by atoms with van der Waals surface area (Å²) in [6, 6.07) is 1.12. The quantitative estimate of drug-likeness (QED) is 0.800. The molecule has 15 heavy (non-hydrogen) atoms. The van der Waals surface area contributed by atoms with Crippen molar-refractivity contribution in [1.82, 2.24) is 5.32 Å². The second kappa shape index (κ2) is 4.42. The highest BCUT2D eigenvalue weighted by atomic mass is 32.2. The Morgan fingerprint density at radius 2 is 1.60 bits per heavy atom. The fraction of sp³-hybridized carbons (Fsp3) is 1.00. The van der Waals surface area contributed by atoms with Crippen molar-refractivity contribution in [3.63, 3.8) is 0 Å². The summed E-state index contributed by atoms with van der Waals surface area (Å²) >= 11 is 0. The average Bonchev–Trinajstić information content (AvgIpc) is 2.11. The second-order valence-corrected chi connectivity index (χ2v) is 7.44. The van der Waals surface area contributed by atoms with Gasteiger partial charge < -0.3 is 5.32 Å². The molecule has 0 amide bonds. The van der Waals surface area contributed by atoms with E-state index in [1.165, 1.54) is 25.5 Å². The van der Waals surface area contributed by atoms with Crippen LogP contribution >= 0.6 is 0 Å². The summed E-state index contributed by atoms with van der Waals surface area (Å²) in [7, 11) is -2.82. The zero-order valence-corrected chi connectivity index (χ0v) is 10.2. The highest BCUT2D eigenvalue weighted by Gasteiger charge is 2.30. The minimum atomic E-state index is -2.82. The van der Waals surface area contributed by atoms with Crippen molar-refractivity contribution in [1.29, 1.82) is 0 Å².